The molecular formula is C25H28N2O5. The van der Waals surface area contributed by atoms with Gasteiger partial charge in [0.25, 0.3) is 0 Å². The number of carbonyl (C=O) groups excluding carboxylic acids is 2. The number of nitrogens with one attached hydrogen (secondary N) is 1. The molecule has 2 amide bonds. The number of hydrogen-bond acceptors (Lipinski definition) is 4. The fourth-order valence-corrected chi connectivity index (χ4v) is 4.35. The quantitative estimate of drug-likeness (QED) is 0.626. The van der Waals surface area contributed by atoms with Crippen LogP contribution in [0.2, 0.25) is 0 Å². The van der Waals surface area contributed by atoms with Crippen LogP contribution in [0.1, 0.15) is 43.2 Å². The minimum Gasteiger partial charge on any atom is -0.480 e. The first-order valence-electron chi connectivity index (χ1n) is 11.1. The fraction of sp³-hybridized carbons (Fsp3) is 0.400. The van der Waals surface area contributed by atoms with Gasteiger partial charge in [0.1, 0.15) is 19.2 Å². The molecule has 0 spiro atoms. The second-order valence-electron chi connectivity index (χ2n) is 8.49. The molecule has 1 fully saturated rings. The number of rotatable bonds is 9. The summed E-state index contributed by atoms with van der Waals surface area (Å²) in [4.78, 5) is 38.0. The topological polar surface area (TPSA) is 95.9 Å². The van der Waals surface area contributed by atoms with Crippen LogP contribution in [0, 0.1) is 5.92 Å². The lowest BCUT2D eigenvalue weighted by atomic mass is 9.98. The van der Waals surface area contributed by atoms with Crippen LogP contribution in [0.15, 0.2) is 48.5 Å². The zero-order valence-corrected chi connectivity index (χ0v) is 18.1. The van der Waals surface area contributed by atoms with E-state index in [-0.39, 0.29) is 25.0 Å². The van der Waals surface area contributed by atoms with Gasteiger partial charge >= 0.3 is 12.1 Å². The molecule has 0 bridgehead atoms. The third-order valence-electron chi connectivity index (χ3n) is 6.16. The van der Waals surface area contributed by atoms with Crippen LogP contribution in [-0.2, 0) is 14.3 Å². The summed E-state index contributed by atoms with van der Waals surface area (Å²) in [5, 5.41) is 11.8. The third-order valence-corrected chi connectivity index (χ3v) is 6.16. The molecule has 168 valence electrons. The summed E-state index contributed by atoms with van der Waals surface area (Å²) in [5.41, 5.74) is 4.51. The number of fused-ring (bicyclic) bond motifs is 3. The largest absolute Gasteiger partial charge is 0.480 e. The Labute approximate surface area is 187 Å². The number of benzene rings is 2. The molecule has 7 heteroatoms. The van der Waals surface area contributed by atoms with Crippen molar-refractivity contribution in [1.29, 1.82) is 0 Å². The first kappa shape index (κ1) is 21.9. The number of ether oxygens (including phenoxy) is 1. The molecule has 0 saturated heterocycles. The minimum absolute atomic E-state index is 0.0673. The number of amides is 2. The molecule has 0 aromatic heterocycles. The van der Waals surface area contributed by atoms with E-state index in [9.17, 15) is 14.4 Å². The number of aliphatic carboxylic acids is 1. The van der Waals surface area contributed by atoms with Gasteiger partial charge in [0, 0.05) is 12.5 Å². The lowest BCUT2D eigenvalue weighted by Crippen LogP contribution is -2.50. The number of carboxylic acids is 1. The Morgan fingerprint density at radius 1 is 1.06 bits per heavy atom. The average Bonchev–Trinajstić information content (AvgIpc) is 3.55. The van der Waals surface area contributed by atoms with Crippen LogP contribution in [0.25, 0.3) is 11.1 Å². The summed E-state index contributed by atoms with van der Waals surface area (Å²) in [5.74, 6) is -1.15. The molecule has 2 aliphatic carbocycles. The van der Waals surface area contributed by atoms with Crippen LogP contribution in [0.5, 0.6) is 0 Å². The van der Waals surface area contributed by atoms with Crippen LogP contribution >= 0.6 is 0 Å². The smallest absolute Gasteiger partial charge is 0.407 e. The second kappa shape index (κ2) is 9.42. The number of hydrogen-bond donors (Lipinski definition) is 2. The summed E-state index contributed by atoms with van der Waals surface area (Å²) < 4.78 is 5.54. The summed E-state index contributed by atoms with van der Waals surface area (Å²) in [6.45, 7) is 1.99. The fourth-order valence-electron chi connectivity index (χ4n) is 4.35. The van der Waals surface area contributed by atoms with Gasteiger partial charge in [-0.3, -0.25) is 9.59 Å². The Morgan fingerprint density at radius 2 is 1.66 bits per heavy atom. The molecule has 32 heavy (non-hydrogen) atoms. The van der Waals surface area contributed by atoms with E-state index >= 15 is 0 Å². The maximum atomic E-state index is 12.9. The summed E-state index contributed by atoms with van der Waals surface area (Å²) in [6, 6.07) is 15.3. The maximum Gasteiger partial charge on any atom is 0.407 e. The molecule has 0 unspecified atom stereocenters. The molecule has 0 heterocycles. The van der Waals surface area contributed by atoms with E-state index in [0.717, 1.165) is 35.1 Å². The van der Waals surface area contributed by atoms with Gasteiger partial charge in [-0.2, -0.15) is 0 Å². The Kier molecular flexibility index (Phi) is 6.44. The Hall–Kier alpha value is -3.35. The molecular weight excluding hydrogens is 408 g/mol. The second-order valence-corrected chi connectivity index (χ2v) is 8.49. The van der Waals surface area contributed by atoms with Gasteiger partial charge < -0.3 is 20.1 Å². The van der Waals surface area contributed by atoms with Gasteiger partial charge in [-0.05, 0) is 47.4 Å². The Morgan fingerprint density at radius 3 is 2.19 bits per heavy atom. The van der Waals surface area contributed by atoms with E-state index in [4.69, 9.17) is 9.84 Å². The molecule has 4 rings (SSSR count). The highest BCUT2D eigenvalue weighted by Crippen LogP contribution is 2.44. The standard InChI is InChI=1S/C25H28N2O5/c1-2-22(24(30)27(14-23(28)29)13-16-11-12-16)26-25(31)32-15-21-19-9-5-3-7-17(19)18-8-4-6-10-20(18)21/h3-10,16,21-22H,2,11-15H2,1H3,(H,26,31)(H,28,29)/t22-/m0/s1. The zero-order valence-electron chi connectivity index (χ0n) is 18.1. The number of nitrogens with zero attached hydrogens (tertiary/aromatic N) is 1. The number of carboxylic acid groups (broad SMARTS) is 1. The van der Waals surface area contributed by atoms with Gasteiger partial charge in [0.2, 0.25) is 5.91 Å². The predicted molar refractivity (Wildman–Crippen MR) is 119 cm³/mol. The molecule has 0 radical (unpaired) electrons. The van der Waals surface area contributed by atoms with Crippen molar-refractivity contribution in [3.05, 3.63) is 59.7 Å². The van der Waals surface area contributed by atoms with E-state index in [0.29, 0.717) is 18.9 Å². The van der Waals surface area contributed by atoms with E-state index in [2.05, 4.69) is 17.4 Å². The van der Waals surface area contributed by atoms with Gasteiger partial charge in [0.05, 0.1) is 0 Å². The van der Waals surface area contributed by atoms with Crippen molar-refractivity contribution >= 4 is 18.0 Å². The lowest BCUT2D eigenvalue weighted by Gasteiger charge is -2.26. The van der Waals surface area contributed by atoms with Crippen molar-refractivity contribution in [3.8, 4) is 11.1 Å². The van der Waals surface area contributed by atoms with E-state index in [1.54, 1.807) is 6.92 Å². The molecule has 2 aromatic carbocycles. The lowest BCUT2D eigenvalue weighted by molar-refractivity contribution is -0.145. The first-order chi connectivity index (χ1) is 15.5. The van der Waals surface area contributed by atoms with Crippen molar-refractivity contribution in [2.24, 2.45) is 5.92 Å². The van der Waals surface area contributed by atoms with Crippen molar-refractivity contribution in [1.82, 2.24) is 10.2 Å². The molecule has 1 atom stereocenters. The number of alkyl carbamates (subject to hydrolysis) is 1. The zero-order chi connectivity index (χ0) is 22.7. The summed E-state index contributed by atoms with van der Waals surface area (Å²) >= 11 is 0. The third kappa shape index (κ3) is 4.77. The maximum absolute atomic E-state index is 12.9. The molecule has 1 saturated carbocycles. The summed E-state index contributed by atoms with van der Waals surface area (Å²) in [6.07, 6.45) is 1.68. The SMILES string of the molecule is CC[C@H](NC(=O)OCC1c2ccccc2-c2ccccc21)C(=O)N(CC(=O)O)CC1CC1. The molecule has 2 N–H and O–H groups in total. The summed E-state index contributed by atoms with van der Waals surface area (Å²) in [7, 11) is 0. The van der Waals surface area contributed by atoms with Gasteiger partial charge in [-0.25, -0.2) is 4.79 Å². The average molecular weight is 437 g/mol. The van der Waals surface area contributed by atoms with E-state index in [1.165, 1.54) is 4.90 Å². The minimum atomic E-state index is -1.06. The molecule has 2 aromatic rings. The predicted octanol–water partition coefficient (Wildman–Crippen LogP) is 3.63. The van der Waals surface area contributed by atoms with Gasteiger partial charge in [-0.15, -0.1) is 0 Å². The van der Waals surface area contributed by atoms with Crippen LogP contribution in [-0.4, -0.2) is 53.7 Å². The normalized spacial score (nSPS) is 15.4. The van der Waals surface area contributed by atoms with Crippen LogP contribution in [0.3, 0.4) is 0 Å². The molecule has 2 aliphatic rings. The van der Waals surface area contributed by atoms with Gasteiger partial charge in [0.15, 0.2) is 0 Å². The van der Waals surface area contributed by atoms with Crippen molar-refractivity contribution in [2.75, 3.05) is 19.7 Å². The highest BCUT2D eigenvalue weighted by molar-refractivity contribution is 5.88. The molecule has 0 aliphatic heterocycles. The van der Waals surface area contributed by atoms with Crippen LogP contribution < -0.4 is 5.32 Å². The van der Waals surface area contributed by atoms with Crippen LogP contribution in [0.4, 0.5) is 4.79 Å². The highest BCUT2D eigenvalue weighted by Gasteiger charge is 2.33. The van der Waals surface area contributed by atoms with Gasteiger partial charge in [-0.1, -0.05) is 55.5 Å². The van der Waals surface area contributed by atoms with Crippen molar-refractivity contribution in [3.63, 3.8) is 0 Å². The first-order valence-corrected chi connectivity index (χ1v) is 11.1. The monoisotopic (exact) mass is 436 g/mol. The van der Waals surface area contributed by atoms with E-state index in [1.807, 2.05) is 36.4 Å². The molecule has 7 nitrogen and oxygen atoms in total. The van der Waals surface area contributed by atoms with E-state index < -0.39 is 18.1 Å². The van der Waals surface area contributed by atoms with Crippen molar-refractivity contribution in [2.45, 2.75) is 38.1 Å². The highest BCUT2D eigenvalue weighted by atomic mass is 16.5. The van der Waals surface area contributed by atoms with Crippen molar-refractivity contribution < 1.29 is 24.2 Å². The number of carbonyl (C=O) groups is 3. The Bertz CT molecular complexity index is 971. The Balaban J connectivity index is 1.39.